The minimum Gasteiger partial charge on any atom is -0.380 e. The lowest BCUT2D eigenvalue weighted by molar-refractivity contribution is -0.116. The first-order valence-electron chi connectivity index (χ1n) is 5.05. The summed E-state index contributed by atoms with van der Waals surface area (Å²) in [5.41, 5.74) is 1.91. The minimum absolute atomic E-state index is 0.0927. The molecule has 1 aliphatic heterocycles. The zero-order valence-corrected chi connectivity index (χ0v) is 10.7. The molecule has 0 fully saturated rings. The highest BCUT2D eigenvalue weighted by molar-refractivity contribution is 14.1. The van der Waals surface area contributed by atoms with E-state index in [1.165, 1.54) is 0 Å². The molecule has 1 aliphatic rings. The highest BCUT2D eigenvalue weighted by atomic mass is 127. The number of rotatable bonds is 1. The van der Waals surface area contributed by atoms with Gasteiger partial charge in [-0.3, -0.25) is 4.79 Å². The van der Waals surface area contributed by atoms with Gasteiger partial charge in [0.15, 0.2) is 0 Å². The van der Waals surface area contributed by atoms with Crippen LogP contribution in [0.1, 0.15) is 19.8 Å². The van der Waals surface area contributed by atoms with Gasteiger partial charge in [-0.25, -0.2) is 0 Å². The largest absolute Gasteiger partial charge is 0.380 e. The van der Waals surface area contributed by atoms with E-state index in [1.807, 2.05) is 18.2 Å². The standard InChI is InChI=1S/C11H13IN2O/c1-2-8-6-11(15)14-10-5-7(12)3-4-9(10)13-8/h3-5,8,13H,2,6H2,1H3,(H,14,15). The molecular formula is C11H13IN2O. The second-order valence-electron chi connectivity index (χ2n) is 3.69. The Morgan fingerprint density at radius 1 is 1.47 bits per heavy atom. The maximum Gasteiger partial charge on any atom is 0.226 e. The summed E-state index contributed by atoms with van der Waals surface area (Å²) in [6.45, 7) is 2.09. The molecule has 2 N–H and O–H groups in total. The molecule has 0 spiro atoms. The van der Waals surface area contributed by atoms with Crippen molar-refractivity contribution in [2.24, 2.45) is 0 Å². The number of hydrogen-bond acceptors (Lipinski definition) is 2. The molecule has 2 rings (SSSR count). The van der Waals surface area contributed by atoms with Crippen LogP contribution in [-0.2, 0) is 4.79 Å². The lowest BCUT2D eigenvalue weighted by atomic mass is 10.1. The molecule has 15 heavy (non-hydrogen) atoms. The van der Waals surface area contributed by atoms with Crippen molar-refractivity contribution in [1.29, 1.82) is 0 Å². The minimum atomic E-state index is 0.0927. The van der Waals surface area contributed by atoms with Gasteiger partial charge in [0.25, 0.3) is 0 Å². The normalized spacial score (nSPS) is 19.9. The van der Waals surface area contributed by atoms with Crippen LogP contribution in [0.3, 0.4) is 0 Å². The van der Waals surface area contributed by atoms with Gasteiger partial charge in [0.05, 0.1) is 11.4 Å². The summed E-state index contributed by atoms with van der Waals surface area (Å²) < 4.78 is 1.13. The van der Waals surface area contributed by atoms with Gasteiger partial charge in [-0.15, -0.1) is 0 Å². The van der Waals surface area contributed by atoms with E-state index in [9.17, 15) is 4.79 Å². The molecule has 1 atom stereocenters. The van der Waals surface area contributed by atoms with Crippen LogP contribution < -0.4 is 10.6 Å². The van der Waals surface area contributed by atoms with Crippen LogP contribution in [0.25, 0.3) is 0 Å². The van der Waals surface area contributed by atoms with Gasteiger partial charge in [0.1, 0.15) is 0 Å². The van der Waals surface area contributed by atoms with Crippen LogP contribution in [0.2, 0.25) is 0 Å². The summed E-state index contributed by atoms with van der Waals surface area (Å²) in [6, 6.07) is 6.28. The van der Waals surface area contributed by atoms with E-state index in [0.29, 0.717) is 6.42 Å². The van der Waals surface area contributed by atoms with Crippen LogP contribution in [0.15, 0.2) is 18.2 Å². The molecule has 0 radical (unpaired) electrons. The zero-order valence-electron chi connectivity index (χ0n) is 8.51. The van der Waals surface area contributed by atoms with Crippen molar-refractivity contribution in [1.82, 2.24) is 0 Å². The molecule has 1 aromatic carbocycles. The second-order valence-corrected chi connectivity index (χ2v) is 4.94. The van der Waals surface area contributed by atoms with E-state index in [-0.39, 0.29) is 11.9 Å². The first-order chi connectivity index (χ1) is 7.19. The zero-order chi connectivity index (χ0) is 10.8. The third-order valence-corrected chi connectivity index (χ3v) is 3.21. The van der Waals surface area contributed by atoms with Crippen LogP contribution in [0.4, 0.5) is 11.4 Å². The topological polar surface area (TPSA) is 41.1 Å². The van der Waals surface area contributed by atoms with Crippen LogP contribution >= 0.6 is 22.6 Å². The molecule has 0 aromatic heterocycles. The molecular weight excluding hydrogens is 303 g/mol. The Bertz CT molecular complexity index is 392. The fourth-order valence-corrected chi connectivity index (χ4v) is 2.18. The smallest absolute Gasteiger partial charge is 0.226 e. The van der Waals surface area contributed by atoms with Crippen molar-refractivity contribution >= 4 is 39.9 Å². The highest BCUT2D eigenvalue weighted by Gasteiger charge is 2.18. The van der Waals surface area contributed by atoms with Gasteiger partial charge in [-0.2, -0.15) is 0 Å². The summed E-state index contributed by atoms with van der Waals surface area (Å²) in [5.74, 6) is 0.0927. The SMILES string of the molecule is CCC1CC(=O)Nc2cc(I)ccc2N1. The Labute approximate surface area is 103 Å². The lowest BCUT2D eigenvalue weighted by Gasteiger charge is -2.14. The van der Waals surface area contributed by atoms with Crippen molar-refractivity contribution in [2.75, 3.05) is 10.6 Å². The molecule has 0 saturated heterocycles. The number of carbonyl (C=O) groups is 1. The van der Waals surface area contributed by atoms with Crippen LogP contribution in [0, 0.1) is 3.57 Å². The number of hydrogen-bond donors (Lipinski definition) is 2. The van der Waals surface area contributed by atoms with E-state index in [2.05, 4.69) is 40.1 Å². The quantitative estimate of drug-likeness (QED) is 0.782. The summed E-state index contributed by atoms with van der Waals surface area (Å²) in [4.78, 5) is 11.6. The van der Waals surface area contributed by atoms with E-state index in [0.717, 1.165) is 21.4 Å². The Morgan fingerprint density at radius 3 is 3.00 bits per heavy atom. The van der Waals surface area contributed by atoms with E-state index in [4.69, 9.17) is 0 Å². The van der Waals surface area contributed by atoms with Crippen molar-refractivity contribution in [3.8, 4) is 0 Å². The summed E-state index contributed by atoms with van der Waals surface area (Å²) in [6.07, 6.45) is 1.50. The van der Waals surface area contributed by atoms with Gasteiger partial charge in [-0.1, -0.05) is 6.92 Å². The monoisotopic (exact) mass is 316 g/mol. The fraction of sp³-hybridized carbons (Fsp3) is 0.364. The van der Waals surface area contributed by atoms with E-state index in [1.54, 1.807) is 0 Å². The third kappa shape index (κ3) is 2.42. The first-order valence-corrected chi connectivity index (χ1v) is 6.13. The van der Waals surface area contributed by atoms with Gasteiger partial charge < -0.3 is 10.6 Å². The molecule has 4 heteroatoms. The summed E-state index contributed by atoms with van der Waals surface area (Å²) in [5, 5.41) is 6.30. The van der Waals surface area contributed by atoms with Crippen molar-refractivity contribution in [2.45, 2.75) is 25.8 Å². The molecule has 0 aliphatic carbocycles. The Morgan fingerprint density at radius 2 is 2.27 bits per heavy atom. The average Bonchev–Trinajstić information content (AvgIpc) is 2.35. The van der Waals surface area contributed by atoms with Gasteiger partial charge >= 0.3 is 0 Å². The predicted molar refractivity (Wildman–Crippen MR) is 70.1 cm³/mol. The number of benzene rings is 1. The van der Waals surface area contributed by atoms with Crippen molar-refractivity contribution < 1.29 is 4.79 Å². The Hall–Kier alpha value is -0.780. The number of fused-ring (bicyclic) bond motifs is 1. The van der Waals surface area contributed by atoms with Gasteiger partial charge in [-0.05, 0) is 47.2 Å². The molecule has 0 bridgehead atoms. The Balaban J connectivity index is 2.36. The van der Waals surface area contributed by atoms with Crippen molar-refractivity contribution in [3.05, 3.63) is 21.8 Å². The molecule has 3 nitrogen and oxygen atoms in total. The fourth-order valence-electron chi connectivity index (χ4n) is 1.69. The lowest BCUT2D eigenvalue weighted by Crippen LogP contribution is -2.21. The third-order valence-electron chi connectivity index (χ3n) is 2.54. The van der Waals surface area contributed by atoms with Gasteiger partial charge in [0.2, 0.25) is 5.91 Å². The van der Waals surface area contributed by atoms with Crippen LogP contribution in [0.5, 0.6) is 0 Å². The number of carbonyl (C=O) groups excluding carboxylic acids is 1. The number of halogens is 1. The van der Waals surface area contributed by atoms with E-state index < -0.39 is 0 Å². The molecule has 80 valence electrons. The number of amides is 1. The molecule has 1 aromatic rings. The predicted octanol–water partition coefficient (Wildman–Crippen LogP) is 2.82. The van der Waals surface area contributed by atoms with E-state index >= 15 is 0 Å². The molecule has 1 heterocycles. The first kappa shape index (κ1) is 10.7. The Kier molecular flexibility index (Phi) is 3.14. The molecule has 0 saturated carbocycles. The summed E-state index contributed by atoms with van der Waals surface area (Å²) in [7, 11) is 0. The maximum atomic E-state index is 11.6. The average molecular weight is 316 g/mol. The number of nitrogens with one attached hydrogen (secondary N) is 2. The highest BCUT2D eigenvalue weighted by Crippen LogP contribution is 2.28. The molecule has 1 unspecified atom stereocenters. The maximum absolute atomic E-state index is 11.6. The summed E-state index contributed by atoms with van der Waals surface area (Å²) >= 11 is 2.24. The second kappa shape index (κ2) is 4.38. The van der Waals surface area contributed by atoms with Crippen molar-refractivity contribution in [3.63, 3.8) is 0 Å². The number of anilines is 2. The van der Waals surface area contributed by atoms with Crippen LogP contribution in [-0.4, -0.2) is 11.9 Å². The molecule has 1 amide bonds. The van der Waals surface area contributed by atoms with Gasteiger partial charge in [0, 0.05) is 16.0 Å².